The van der Waals surface area contributed by atoms with Gasteiger partial charge in [0.2, 0.25) is 0 Å². The van der Waals surface area contributed by atoms with Crippen LogP contribution in [0.1, 0.15) is 27.7 Å². The number of fused-ring (bicyclic) bond motifs is 1. The molecule has 0 aliphatic carbocycles. The molecule has 1 aromatic heterocycles. The number of rotatable bonds is 5. The van der Waals surface area contributed by atoms with Crippen molar-refractivity contribution in [2.75, 3.05) is 6.26 Å². The number of benzene rings is 3. The lowest BCUT2D eigenvalue weighted by molar-refractivity contribution is 0.0939. The van der Waals surface area contributed by atoms with Gasteiger partial charge in [-0.2, -0.15) is 0 Å². The van der Waals surface area contributed by atoms with Crippen LogP contribution in [0.15, 0.2) is 94.2 Å². The van der Waals surface area contributed by atoms with Gasteiger partial charge < -0.3 is 9.73 Å². The monoisotopic (exact) mass is 389 g/mol. The van der Waals surface area contributed by atoms with Crippen LogP contribution in [0, 0.1) is 0 Å². The molecule has 0 unspecified atom stereocenters. The van der Waals surface area contributed by atoms with E-state index in [9.17, 15) is 9.00 Å². The fourth-order valence-corrected chi connectivity index (χ4v) is 3.64. The maximum atomic E-state index is 12.9. The van der Waals surface area contributed by atoms with E-state index in [2.05, 4.69) is 5.32 Å². The van der Waals surface area contributed by atoms with Crippen LogP contribution in [0.3, 0.4) is 0 Å². The van der Waals surface area contributed by atoms with E-state index in [1.165, 1.54) is 0 Å². The van der Waals surface area contributed by atoms with Crippen LogP contribution >= 0.6 is 0 Å². The number of nitrogens with one attached hydrogen (secondary N) is 1. The summed E-state index contributed by atoms with van der Waals surface area (Å²) in [5, 5.41) is 4.06. The molecule has 0 bridgehead atoms. The molecule has 1 N–H and O–H groups in total. The molecule has 1 heterocycles. The lowest BCUT2D eigenvalue weighted by atomic mass is 10.0. The van der Waals surface area contributed by atoms with Gasteiger partial charge in [-0.15, -0.1) is 0 Å². The molecule has 1 amide bonds. The highest BCUT2D eigenvalue weighted by atomic mass is 32.2. The SMILES string of the molecule is C[S@](=O)c1ccc(C(=O)N[C@H](c2ccccc2)c2cc3ccccc3o2)cc1. The van der Waals surface area contributed by atoms with E-state index >= 15 is 0 Å². The van der Waals surface area contributed by atoms with Crippen LogP contribution in [0.5, 0.6) is 0 Å². The number of amides is 1. The zero-order valence-electron chi connectivity index (χ0n) is 15.3. The Kier molecular flexibility index (Phi) is 5.08. The standard InChI is InChI=1S/C23H19NO3S/c1-28(26)19-13-11-17(12-14-19)23(25)24-22(16-7-3-2-4-8-16)21-15-18-9-5-6-10-20(18)27-21/h2-15,22H,1H3,(H,24,25)/t22-,28+/m1/s1. The molecule has 3 aromatic carbocycles. The number of carbonyl (C=O) groups excluding carboxylic acids is 1. The molecule has 0 aliphatic rings. The van der Waals surface area contributed by atoms with Gasteiger partial charge in [-0.25, -0.2) is 0 Å². The molecule has 0 saturated carbocycles. The minimum Gasteiger partial charge on any atom is -0.459 e. The second-order valence-electron chi connectivity index (χ2n) is 6.48. The van der Waals surface area contributed by atoms with Crippen molar-refractivity contribution >= 4 is 27.7 Å². The second-order valence-corrected chi connectivity index (χ2v) is 7.86. The molecule has 4 rings (SSSR count). The summed E-state index contributed by atoms with van der Waals surface area (Å²) in [6.07, 6.45) is 1.61. The Morgan fingerprint density at radius 3 is 2.29 bits per heavy atom. The first-order chi connectivity index (χ1) is 13.6. The van der Waals surface area contributed by atoms with Gasteiger partial charge in [-0.3, -0.25) is 9.00 Å². The summed E-state index contributed by atoms with van der Waals surface area (Å²) < 4.78 is 17.6. The normalized spacial score (nSPS) is 13.2. The summed E-state index contributed by atoms with van der Waals surface area (Å²) in [7, 11) is -1.08. The Morgan fingerprint density at radius 1 is 0.929 bits per heavy atom. The number of furan rings is 1. The molecule has 140 valence electrons. The van der Waals surface area contributed by atoms with Gasteiger partial charge in [0.25, 0.3) is 5.91 Å². The number of carbonyl (C=O) groups is 1. The lowest BCUT2D eigenvalue weighted by Gasteiger charge is -2.17. The van der Waals surface area contributed by atoms with Crippen molar-refractivity contribution in [3.8, 4) is 0 Å². The number of para-hydroxylation sites is 1. The molecule has 0 aliphatic heterocycles. The highest BCUT2D eigenvalue weighted by molar-refractivity contribution is 7.84. The van der Waals surface area contributed by atoms with E-state index < -0.39 is 16.8 Å². The molecule has 0 saturated heterocycles. The minimum absolute atomic E-state index is 0.220. The fraction of sp³-hybridized carbons (Fsp3) is 0.0870. The van der Waals surface area contributed by atoms with Crippen molar-refractivity contribution in [3.05, 3.63) is 102 Å². The molecule has 0 spiro atoms. The highest BCUT2D eigenvalue weighted by Crippen LogP contribution is 2.28. The van der Waals surface area contributed by atoms with E-state index in [0.29, 0.717) is 16.2 Å². The Morgan fingerprint density at radius 2 is 1.61 bits per heavy atom. The Bertz CT molecular complexity index is 1100. The third-order valence-electron chi connectivity index (χ3n) is 4.59. The first-order valence-electron chi connectivity index (χ1n) is 8.89. The second kappa shape index (κ2) is 7.82. The largest absolute Gasteiger partial charge is 0.459 e. The van der Waals surface area contributed by atoms with Crippen LogP contribution in [0.2, 0.25) is 0 Å². The van der Waals surface area contributed by atoms with Gasteiger partial charge >= 0.3 is 0 Å². The minimum atomic E-state index is -1.08. The average Bonchev–Trinajstić information content (AvgIpc) is 3.16. The Hall–Kier alpha value is -3.18. The van der Waals surface area contributed by atoms with Crippen LogP contribution in [0.4, 0.5) is 0 Å². The zero-order valence-corrected chi connectivity index (χ0v) is 16.1. The summed E-state index contributed by atoms with van der Waals surface area (Å²) >= 11 is 0. The molecular weight excluding hydrogens is 370 g/mol. The summed E-state index contributed by atoms with van der Waals surface area (Å²) in [6.45, 7) is 0. The van der Waals surface area contributed by atoms with Gasteiger partial charge in [-0.1, -0.05) is 48.5 Å². The molecule has 0 radical (unpaired) electrons. The average molecular weight is 389 g/mol. The van der Waals surface area contributed by atoms with Crippen LogP contribution in [-0.2, 0) is 10.8 Å². The van der Waals surface area contributed by atoms with E-state index in [-0.39, 0.29) is 5.91 Å². The third-order valence-corrected chi connectivity index (χ3v) is 5.52. The molecular formula is C23H19NO3S. The quantitative estimate of drug-likeness (QED) is 0.539. The van der Waals surface area contributed by atoms with E-state index in [1.807, 2.05) is 60.7 Å². The van der Waals surface area contributed by atoms with Gasteiger partial charge in [-0.05, 0) is 42.0 Å². The van der Waals surface area contributed by atoms with Crippen molar-refractivity contribution in [2.45, 2.75) is 10.9 Å². The third kappa shape index (κ3) is 3.75. The van der Waals surface area contributed by atoms with Crippen molar-refractivity contribution in [2.24, 2.45) is 0 Å². The zero-order chi connectivity index (χ0) is 19.5. The van der Waals surface area contributed by atoms with Crippen LogP contribution < -0.4 is 5.32 Å². The van der Waals surface area contributed by atoms with E-state index in [4.69, 9.17) is 4.42 Å². The molecule has 4 aromatic rings. The van der Waals surface area contributed by atoms with Crippen molar-refractivity contribution in [1.29, 1.82) is 0 Å². The summed E-state index contributed by atoms with van der Waals surface area (Å²) in [6, 6.07) is 25.8. The number of hydrogen-bond acceptors (Lipinski definition) is 3. The Balaban J connectivity index is 1.67. The van der Waals surface area contributed by atoms with Crippen LogP contribution in [-0.4, -0.2) is 16.4 Å². The highest BCUT2D eigenvalue weighted by Gasteiger charge is 2.21. The number of hydrogen-bond donors (Lipinski definition) is 1. The van der Waals surface area contributed by atoms with Crippen LogP contribution in [0.25, 0.3) is 11.0 Å². The first kappa shape index (κ1) is 18.2. The maximum absolute atomic E-state index is 12.9. The van der Waals surface area contributed by atoms with Crippen molar-refractivity contribution < 1.29 is 13.4 Å². The molecule has 0 fully saturated rings. The van der Waals surface area contributed by atoms with Crippen molar-refractivity contribution in [3.63, 3.8) is 0 Å². The van der Waals surface area contributed by atoms with Gasteiger partial charge in [0.15, 0.2) is 0 Å². The van der Waals surface area contributed by atoms with E-state index in [0.717, 1.165) is 16.5 Å². The lowest BCUT2D eigenvalue weighted by Crippen LogP contribution is -2.29. The summed E-state index contributed by atoms with van der Waals surface area (Å²) in [5.41, 5.74) is 2.22. The maximum Gasteiger partial charge on any atom is 0.252 e. The fourth-order valence-electron chi connectivity index (χ4n) is 3.12. The predicted octanol–water partition coefficient (Wildman–Crippen LogP) is 4.69. The topological polar surface area (TPSA) is 59.3 Å². The smallest absolute Gasteiger partial charge is 0.252 e. The first-order valence-corrected chi connectivity index (χ1v) is 10.5. The molecule has 4 nitrogen and oxygen atoms in total. The Labute approximate surface area is 165 Å². The molecule has 2 atom stereocenters. The molecule has 5 heteroatoms. The van der Waals surface area contributed by atoms with E-state index in [1.54, 1.807) is 30.5 Å². The van der Waals surface area contributed by atoms with Gasteiger partial charge in [0.05, 0.1) is 0 Å². The van der Waals surface area contributed by atoms with Gasteiger partial charge in [0.1, 0.15) is 17.4 Å². The van der Waals surface area contributed by atoms with Crippen molar-refractivity contribution in [1.82, 2.24) is 5.32 Å². The van der Waals surface area contributed by atoms with Gasteiger partial charge in [0, 0.05) is 32.9 Å². The summed E-state index contributed by atoms with van der Waals surface area (Å²) in [4.78, 5) is 13.6. The molecule has 28 heavy (non-hydrogen) atoms. The summed E-state index contributed by atoms with van der Waals surface area (Å²) in [5.74, 6) is 0.453. The predicted molar refractivity (Wildman–Crippen MR) is 111 cm³/mol.